The molecule has 8 heteroatoms. The molecule has 37 heavy (non-hydrogen) atoms. The fourth-order valence-corrected chi connectivity index (χ4v) is 4.81. The highest BCUT2D eigenvalue weighted by molar-refractivity contribution is 6.11. The Hall–Kier alpha value is -4.33. The van der Waals surface area contributed by atoms with Gasteiger partial charge in [0.25, 0.3) is 5.91 Å². The third-order valence-electron chi connectivity index (χ3n) is 7.09. The summed E-state index contributed by atoms with van der Waals surface area (Å²) >= 11 is 0. The summed E-state index contributed by atoms with van der Waals surface area (Å²) in [4.78, 5) is 43.2. The van der Waals surface area contributed by atoms with Gasteiger partial charge >= 0.3 is 6.03 Å². The summed E-state index contributed by atoms with van der Waals surface area (Å²) in [6, 6.07) is 19.8. The average molecular weight is 500 g/mol. The number of urea groups is 1. The molecule has 1 saturated heterocycles. The first-order chi connectivity index (χ1) is 17.8. The third kappa shape index (κ3) is 4.28. The molecule has 1 unspecified atom stereocenters. The number of hydrogen-bond donors (Lipinski definition) is 1. The minimum Gasteiger partial charge on any atom is -0.454 e. The number of aryl methyl sites for hydroxylation is 2. The minimum absolute atomic E-state index is 0.172. The van der Waals surface area contributed by atoms with Crippen molar-refractivity contribution in [3.05, 3.63) is 94.5 Å². The van der Waals surface area contributed by atoms with Crippen molar-refractivity contribution in [2.45, 2.75) is 32.9 Å². The third-order valence-corrected chi connectivity index (χ3v) is 7.09. The molecule has 1 atom stereocenters. The van der Waals surface area contributed by atoms with Gasteiger partial charge in [-0.05, 0) is 60.7 Å². The number of nitrogens with one attached hydrogen (secondary N) is 1. The van der Waals surface area contributed by atoms with Crippen LogP contribution in [0.25, 0.3) is 0 Å². The van der Waals surface area contributed by atoms with E-state index in [2.05, 4.69) is 5.32 Å². The van der Waals surface area contributed by atoms with Gasteiger partial charge < -0.3 is 19.7 Å². The number of fused-ring (bicyclic) bond motifs is 1. The van der Waals surface area contributed by atoms with Crippen molar-refractivity contribution in [1.82, 2.24) is 15.1 Å². The van der Waals surface area contributed by atoms with Crippen molar-refractivity contribution < 1.29 is 23.9 Å². The molecule has 2 aliphatic rings. The van der Waals surface area contributed by atoms with Gasteiger partial charge in [0.1, 0.15) is 6.54 Å². The van der Waals surface area contributed by atoms with E-state index in [1.54, 1.807) is 4.90 Å². The van der Waals surface area contributed by atoms with Crippen LogP contribution in [0.1, 0.15) is 34.7 Å². The van der Waals surface area contributed by atoms with Crippen LogP contribution in [0.5, 0.6) is 11.5 Å². The molecule has 1 fully saturated rings. The van der Waals surface area contributed by atoms with E-state index in [1.165, 1.54) is 0 Å². The first-order valence-electron chi connectivity index (χ1n) is 12.3. The van der Waals surface area contributed by atoms with Crippen LogP contribution in [0, 0.1) is 13.8 Å². The highest BCUT2D eigenvalue weighted by Gasteiger charge is 2.54. The second-order valence-corrected chi connectivity index (χ2v) is 9.33. The fraction of sp³-hybridized carbons (Fsp3) is 0.276. The van der Waals surface area contributed by atoms with E-state index in [0.717, 1.165) is 21.6 Å². The Balaban J connectivity index is 1.42. The van der Waals surface area contributed by atoms with Gasteiger partial charge in [-0.25, -0.2) is 4.79 Å². The number of carbonyl (C=O) groups is 3. The quantitative estimate of drug-likeness (QED) is 0.499. The Labute approximate surface area is 215 Å². The van der Waals surface area contributed by atoms with Crippen molar-refractivity contribution >= 4 is 17.8 Å². The van der Waals surface area contributed by atoms with Crippen LogP contribution in [-0.2, 0) is 21.7 Å². The summed E-state index contributed by atoms with van der Waals surface area (Å²) in [5, 5.41) is 2.92. The largest absolute Gasteiger partial charge is 0.454 e. The van der Waals surface area contributed by atoms with Gasteiger partial charge in [-0.15, -0.1) is 0 Å². The summed E-state index contributed by atoms with van der Waals surface area (Å²) in [6.07, 6.45) is 0. The summed E-state index contributed by atoms with van der Waals surface area (Å²) in [5.41, 5.74) is 2.83. The van der Waals surface area contributed by atoms with E-state index < -0.39 is 17.5 Å². The molecule has 1 N–H and O–H groups in total. The van der Waals surface area contributed by atoms with E-state index in [4.69, 9.17) is 9.47 Å². The SMILES string of the molecule is CCN(Cc1ccc2c(c1)OCO2)C(=O)CN1C(=O)NC(c2ccccc2)(c2ccc(C)c(C)c2)C1=O. The van der Waals surface area contributed by atoms with E-state index in [-0.39, 0.29) is 19.2 Å². The van der Waals surface area contributed by atoms with Crippen LogP contribution < -0.4 is 14.8 Å². The lowest BCUT2D eigenvalue weighted by Crippen LogP contribution is -2.46. The second kappa shape index (κ2) is 9.61. The minimum atomic E-state index is -1.41. The summed E-state index contributed by atoms with van der Waals surface area (Å²) in [7, 11) is 0. The van der Waals surface area contributed by atoms with Gasteiger partial charge in [-0.1, -0.05) is 54.6 Å². The zero-order valence-corrected chi connectivity index (χ0v) is 21.1. The van der Waals surface area contributed by atoms with Crippen LogP contribution in [0.2, 0.25) is 0 Å². The average Bonchev–Trinajstić information content (AvgIpc) is 3.47. The van der Waals surface area contributed by atoms with Gasteiger partial charge in [0.15, 0.2) is 17.0 Å². The zero-order valence-electron chi connectivity index (χ0n) is 21.1. The number of amides is 4. The highest BCUT2D eigenvalue weighted by Crippen LogP contribution is 2.37. The molecule has 2 heterocycles. The molecule has 3 aromatic carbocycles. The molecule has 8 nitrogen and oxygen atoms in total. The van der Waals surface area contributed by atoms with Crippen molar-refractivity contribution in [2.75, 3.05) is 19.9 Å². The Morgan fingerprint density at radius 2 is 1.70 bits per heavy atom. The van der Waals surface area contributed by atoms with Crippen molar-refractivity contribution in [2.24, 2.45) is 0 Å². The van der Waals surface area contributed by atoms with Gasteiger partial charge in [0.05, 0.1) is 0 Å². The highest BCUT2D eigenvalue weighted by atomic mass is 16.7. The maximum absolute atomic E-state index is 14.0. The lowest BCUT2D eigenvalue weighted by atomic mass is 9.81. The van der Waals surface area contributed by atoms with Gasteiger partial charge in [0.2, 0.25) is 12.7 Å². The second-order valence-electron chi connectivity index (χ2n) is 9.33. The van der Waals surface area contributed by atoms with Crippen molar-refractivity contribution in [3.63, 3.8) is 0 Å². The van der Waals surface area contributed by atoms with Crippen LogP contribution in [0.3, 0.4) is 0 Å². The van der Waals surface area contributed by atoms with Crippen molar-refractivity contribution in [3.8, 4) is 11.5 Å². The predicted octanol–water partition coefficient (Wildman–Crippen LogP) is 3.88. The van der Waals surface area contributed by atoms with Crippen LogP contribution >= 0.6 is 0 Å². The Morgan fingerprint density at radius 3 is 2.43 bits per heavy atom. The Bertz CT molecular complexity index is 1370. The first-order valence-corrected chi connectivity index (χ1v) is 12.3. The molecule has 0 spiro atoms. The number of imide groups is 1. The number of ether oxygens (including phenoxy) is 2. The summed E-state index contributed by atoms with van der Waals surface area (Å²) in [6.45, 7) is 6.37. The summed E-state index contributed by atoms with van der Waals surface area (Å²) in [5.74, 6) is 0.504. The van der Waals surface area contributed by atoms with Crippen LogP contribution in [-0.4, -0.2) is 47.5 Å². The number of hydrogen-bond acceptors (Lipinski definition) is 5. The number of likely N-dealkylation sites (N-methyl/N-ethyl adjacent to an activating group) is 1. The molecule has 2 aliphatic heterocycles. The normalized spacial score (nSPS) is 18.2. The monoisotopic (exact) mass is 499 g/mol. The zero-order chi connectivity index (χ0) is 26.2. The fourth-order valence-electron chi connectivity index (χ4n) is 4.81. The van der Waals surface area contributed by atoms with Gasteiger partial charge in [-0.3, -0.25) is 14.5 Å². The van der Waals surface area contributed by atoms with E-state index in [0.29, 0.717) is 35.7 Å². The van der Waals surface area contributed by atoms with Gasteiger partial charge in [0, 0.05) is 13.1 Å². The maximum atomic E-state index is 14.0. The van der Waals surface area contributed by atoms with Crippen molar-refractivity contribution in [1.29, 1.82) is 0 Å². The molecule has 0 aliphatic carbocycles. The topological polar surface area (TPSA) is 88.2 Å². The van der Waals surface area contributed by atoms with Crippen LogP contribution in [0.4, 0.5) is 4.79 Å². The molecular weight excluding hydrogens is 470 g/mol. The van der Waals surface area contributed by atoms with E-state index in [1.807, 2.05) is 87.5 Å². The molecule has 0 aromatic heterocycles. The van der Waals surface area contributed by atoms with E-state index >= 15 is 0 Å². The standard InChI is InChI=1S/C29H29N3O5/c1-4-31(16-21-11-13-24-25(15-21)37-18-36-24)26(33)17-32-27(34)29(30-28(32)35,22-8-6-5-7-9-22)23-12-10-19(2)20(3)14-23/h5-15H,4,16-18H2,1-3H3,(H,30,35). The number of benzene rings is 3. The molecule has 0 saturated carbocycles. The molecule has 4 amide bonds. The molecule has 5 rings (SSSR count). The van der Waals surface area contributed by atoms with Crippen LogP contribution in [0.15, 0.2) is 66.7 Å². The Morgan fingerprint density at radius 1 is 0.946 bits per heavy atom. The molecule has 3 aromatic rings. The smallest absolute Gasteiger partial charge is 0.326 e. The maximum Gasteiger partial charge on any atom is 0.326 e. The molecule has 0 bridgehead atoms. The summed E-state index contributed by atoms with van der Waals surface area (Å²) < 4.78 is 10.8. The number of carbonyl (C=O) groups excluding carboxylic acids is 3. The molecule has 0 radical (unpaired) electrons. The number of nitrogens with zero attached hydrogens (tertiary/aromatic N) is 2. The number of rotatable bonds is 7. The van der Waals surface area contributed by atoms with E-state index in [9.17, 15) is 14.4 Å². The lowest BCUT2D eigenvalue weighted by Gasteiger charge is -2.29. The molecular formula is C29H29N3O5. The Kier molecular flexibility index (Phi) is 6.33. The molecule has 190 valence electrons. The lowest BCUT2D eigenvalue weighted by molar-refractivity contribution is -0.138. The first kappa shape index (κ1) is 24.4. The van der Waals surface area contributed by atoms with Gasteiger partial charge in [-0.2, -0.15) is 0 Å². The predicted molar refractivity (Wildman–Crippen MR) is 137 cm³/mol.